The van der Waals surface area contributed by atoms with Gasteiger partial charge in [0.2, 0.25) is 0 Å². The van der Waals surface area contributed by atoms with Crippen LogP contribution in [-0.2, 0) is 6.54 Å². The fraction of sp³-hybridized carbons (Fsp3) is 0.231. The molecule has 20 heavy (non-hydrogen) atoms. The minimum Gasteiger partial charge on any atom is -0.398 e. The summed E-state index contributed by atoms with van der Waals surface area (Å²) in [5.74, 6) is -0.599. The van der Waals surface area contributed by atoms with Gasteiger partial charge in [-0.25, -0.2) is 0 Å². The van der Waals surface area contributed by atoms with Gasteiger partial charge < -0.3 is 5.73 Å². The van der Waals surface area contributed by atoms with Gasteiger partial charge in [0.05, 0.1) is 17.3 Å². The molecular weight excluding hydrogens is 258 g/mol. The topological polar surface area (TPSA) is 94.1 Å². The first-order chi connectivity index (χ1) is 9.68. The van der Waals surface area contributed by atoms with Crippen LogP contribution in [0, 0.1) is 0 Å². The molecule has 0 bridgehead atoms. The Morgan fingerprint density at radius 3 is 2.70 bits per heavy atom. The molecule has 102 valence electrons. The number of amides is 2. The summed E-state index contributed by atoms with van der Waals surface area (Å²) in [5.41, 5.74) is 6.82. The van der Waals surface area contributed by atoms with Crippen LogP contribution in [0.3, 0.4) is 0 Å². The minimum absolute atomic E-state index is 0.282. The highest BCUT2D eigenvalue weighted by atomic mass is 16.2. The van der Waals surface area contributed by atoms with E-state index in [0.717, 1.165) is 0 Å². The second-order valence-corrected chi connectivity index (χ2v) is 4.55. The van der Waals surface area contributed by atoms with E-state index in [9.17, 15) is 9.59 Å². The zero-order valence-electron chi connectivity index (χ0n) is 10.7. The van der Waals surface area contributed by atoms with Crippen LogP contribution in [0.5, 0.6) is 0 Å². The van der Waals surface area contributed by atoms with E-state index in [4.69, 9.17) is 5.73 Å². The first kappa shape index (κ1) is 12.3. The fourth-order valence-corrected chi connectivity index (χ4v) is 2.31. The van der Waals surface area contributed by atoms with Gasteiger partial charge in [-0.2, -0.15) is 0 Å². The van der Waals surface area contributed by atoms with Crippen LogP contribution in [0.4, 0.5) is 5.69 Å². The summed E-state index contributed by atoms with van der Waals surface area (Å²) in [6, 6.07) is 4.94. The van der Waals surface area contributed by atoms with Crippen molar-refractivity contribution in [1.29, 1.82) is 0 Å². The summed E-state index contributed by atoms with van der Waals surface area (Å²) in [4.78, 5) is 25.6. The first-order valence-corrected chi connectivity index (χ1v) is 6.27. The summed E-state index contributed by atoms with van der Waals surface area (Å²) in [5, 5.41) is 7.53. The molecule has 0 unspecified atom stereocenters. The van der Waals surface area contributed by atoms with Crippen molar-refractivity contribution in [3.8, 4) is 0 Å². The van der Waals surface area contributed by atoms with Gasteiger partial charge in [0.1, 0.15) is 0 Å². The van der Waals surface area contributed by atoms with Crippen molar-refractivity contribution in [2.75, 3.05) is 12.3 Å². The molecule has 1 aromatic heterocycles. The Kier molecular flexibility index (Phi) is 2.94. The number of benzene rings is 1. The average molecular weight is 271 g/mol. The Labute approximate surface area is 115 Å². The molecule has 0 aliphatic carbocycles. The monoisotopic (exact) mass is 271 g/mol. The lowest BCUT2D eigenvalue weighted by Crippen LogP contribution is -2.31. The number of carbonyl (C=O) groups is 2. The normalized spacial score (nSPS) is 13.9. The van der Waals surface area contributed by atoms with Gasteiger partial charge in [0, 0.05) is 25.0 Å². The van der Waals surface area contributed by atoms with Crippen molar-refractivity contribution < 1.29 is 9.59 Å². The van der Waals surface area contributed by atoms with Crippen molar-refractivity contribution in [3.05, 3.63) is 41.7 Å². The number of fused-ring (bicyclic) bond motifs is 1. The van der Waals surface area contributed by atoms with Crippen LogP contribution in [0.1, 0.15) is 27.1 Å². The lowest BCUT2D eigenvalue weighted by Gasteiger charge is -2.13. The van der Waals surface area contributed by atoms with Gasteiger partial charge in [0.15, 0.2) is 0 Å². The van der Waals surface area contributed by atoms with Crippen LogP contribution >= 0.6 is 0 Å². The fourth-order valence-electron chi connectivity index (χ4n) is 2.31. The molecule has 2 amide bonds. The summed E-state index contributed by atoms with van der Waals surface area (Å²) in [7, 11) is 0. The number of rotatable bonds is 4. The molecule has 0 atom stereocenters. The molecular formula is C13H13N5O2. The van der Waals surface area contributed by atoms with Crippen molar-refractivity contribution in [3.63, 3.8) is 0 Å². The van der Waals surface area contributed by atoms with Crippen molar-refractivity contribution >= 4 is 17.5 Å². The van der Waals surface area contributed by atoms with E-state index in [0.29, 0.717) is 36.3 Å². The minimum atomic E-state index is -0.318. The zero-order chi connectivity index (χ0) is 14.1. The number of nitrogen functional groups attached to an aromatic ring is 1. The third-order valence-electron chi connectivity index (χ3n) is 3.27. The maximum absolute atomic E-state index is 12.2. The first-order valence-electron chi connectivity index (χ1n) is 6.27. The van der Waals surface area contributed by atoms with Gasteiger partial charge in [-0.15, -0.1) is 5.10 Å². The molecule has 1 aliphatic heterocycles. The largest absolute Gasteiger partial charge is 0.398 e. The molecule has 1 aliphatic rings. The molecule has 3 rings (SSSR count). The highest BCUT2D eigenvalue weighted by Crippen LogP contribution is 2.27. The molecule has 2 N–H and O–H groups in total. The van der Waals surface area contributed by atoms with E-state index in [2.05, 4.69) is 10.3 Å². The highest BCUT2D eigenvalue weighted by molar-refractivity contribution is 6.23. The lowest BCUT2D eigenvalue weighted by atomic mass is 10.1. The summed E-state index contributed by atoms with van der Waals surface area (Å²) in [6.07, 6.45) is 3.94. The van der Waals surface area contributed by atoms with Crippen LogP contribution in [0.15, 0.2) is 30.6 Å². The smallest absolute Gasteiger partial charge is 0.263 e. The number of hydrogen-bond donors (Lipinski definition) is 1. The Balaban J connectivity index is 1.72. The van der Waals surface area contributed by atoms with Crippen LogP contribution < -0.4 is 5.73 Å². The second kappa shape index (κ2) is 4.76. The molecule has 7 nitrogen and oxygen atoms in total. The van der Waals surface area contributed by atoms with E-state index in [-0.39, 0.29) is 11.8 Å². The molecule has 2 heterocycles. The summed E-state index contributed by atoms with van der Waals surface area (Å²) in [6.45, 7) is 0.939. The maximum Gasteiger partial charge on any atom is 0.263 e. The number of anilines is 1. The van der Waals surface area contributed by atoms with Crippen molar-refractivity contribution in [2.24, 2.45) is 0 Å². The standard InChI is InChI=1S/C13H13N5O2/c14-10-4-1-3-9-11(10)13(20)18(12(9)19)7-2-6-17-8-5-15-16-17/h1,3-5,8H,2,6-7,14H2. The second-order valence-electron chi connectivity index (χ2n) is 4.55. The number of imide groups is 1. The Hall–Kier alpha value is -2.70. The molecule has 7 heteroatoms. The number of carbonyl (C=O) groups excluding carboxylic acids is 2. The van der Waals surface area contributed by atoms with Gasteiger partial charge in [-0.3, -0.25) is 19.2 Å². The number of aryl methyl sites for hydroxylation is 1. The zero-order valence-corrected chi connectivity index (χ0v) is 10.7. The van der Waals surface area contributed by atoms with E-state index < -0.39 is 0 Å². The Morgan fingerprint density at radius 1 is 1.15 bits per heavy atom. The Morgan fingerprint density at radius 2 is 2.00 bits per heavy atom. The number of nitrogens with zero attached hydrogens (tertiary/aromatic N) is 4. The number of nitrogens with two attached hydrogens (primary N) is 1. The quantitative estimate of drug-likeness (QED) is 0.647. The maximum atomic E-state index is 12.2. The lowest BCUT2D eigenvalue weighted by molar-refractivity contribution is 0.0650. The third kappa shape index (κ3) is 1.93. The molecule has 0 saturated carbocycles. The summed E-state index contributed by atoms with van der Waals surface area (Å²) >= 11 is 0. The van der Waals surface area contributed by atoms with Gasteiger partial charge in [-0.1, -0.05) is 11.3 Å². The molecule has 0 fully saturated rings. The van der Waals surface area contributed by atoms with Gasteiger partial charge in [-0.05, 0) is 18.6 Å². The third-order valence-corrected chi connectivity index (χ3v) is 3.27. The van der Waals surface area contributed by atoms with Gasteiger partial charge >= 0.3 is 0 Å². The molecule has 0 radical (unpaired) electrons. The number of hydrogen-bond acceptors (Lipinski definition) is 5. The summed E-state index contributed by atoms with van der Waals surface area (Å²) < 4.78 is 1.66. The van der Waals surface area contributed by atoms with Crippen molar-refractivity contribution in [2.45, 2.75) is 13.0 Å². The van der Waals surface area contributed by atoms with Crippen LogP contribution in [-0.4, -0.2) is 38.3 Å². The van der Waals surface area contributed by atoms with E-state index >= 15 is 0 Å². The van der Waals surface area contributed by atoms with Crippen LogP contribution in [0.25, 0.3) is 0 Å². The van der Waals surface area contributed by atoms with E-state index in [1.807, 2.05) is 0 Å². The average Bonchev–Trinajstić information content (AvgIpc) is 3.02. The molecule has 0 spiro atoms. The molecule has 0 saturated heterocycles. The van der Waals surface area contributed by atoms with Crippen molar-refractivity contribution in [1.82, 2.24) is 19.9 Å². The predicted octanol–water partition coefficient (Wildman–Crippen LogP) is 0.547. The predicted molar refractivity (Wildman–Crippen MR) is 70.9 cm³/mol. The van der Waals surface area contributed by atoms with Crippen LogP contribution in [0.2, 0.25) is 0 Å². The van der Waals surface area contributed by atoms with Gasteiger partial charge in [0.25, 0.3) is 11.8 Å². The highest BCUT2D eigenvalue weighted by Gasteiger charge is 2.36. The molecule has 1 aromatic carbocycles. The van der Waals surface area contributed by atoms with E-state index in [1.54, 1.807) is 35.3 Å². The number of aromatic nitrogens is 3. The SMILES string of the molecule is Nc1cccc2c1C(=O)N(CCCn1ccnn1)C2=O. The molecule has 2 aromatic rings. The Bertz CT molecular complexity index is 665. The van der Waals surface area contributed by atoms with E-state index in [1.165, 1.54) is 4.90 Å².